The predicted octanol–water partition coefficient (Wildman–Crippen LogP) is 3.68. The van der Waals surface area contributed by atoms with E-state index in [1.165, 1.54) is 12.1 Å². The summed E-state index contributed by atoms with van der Waals surface area (Å²) in [6.45, 7) is 0. The average molecular weight is 372 g/mol. The predicted molar refractivity (Wildman–Crippen MR) is 84.3 cm³/mol. The van der Waals surface area contributed by atoms with Gasteiger partial charge < -0.3 is 10.4 Å². The highest BCUT2D eigenvalue weighted by Crippen LogP contribution is 2.46. The molecule has 3 rings (SSSR count). The van der Waals surface area contributed by atoms with E-state index in [1.807, 2.05) is 0 Å². The molecule has 0 fully saturated rings. The SMILES string of the molecule is O=C(C[C@]1(O)C(=O)Nc2c(Cl)ccc(Cl)c21)c1ccc(F)c(F)c1. The number of hydrogen-bond acceptors (Lipinski definition) is 3. The molecule has 0 aromatic heterocycles. The quantitative estimate of drug-likeness (QED) is 0.808. The summed E-state index contributed by atoms with van der Waals surface area (Å²) in [5.74, 6) is -3.94. The molecule has 1 aliphatic heterocycles. The average Bonchev–Trinajstić information content (AvgIpc) is 2.78. The van der Waals surface area contributed by atoms with E-state index in [1.54, 1.807) is 0 Å². The summed E-state index contributed by atoms with van der Waals surface area (Å²) in [5, 5.41) is 13.3. The number of Topliss-reactive ketones (excluding diaryl/α,β-unsaturated/α-hetero) is 1. The lowest BCUT2D eigenvalue weighted by Gasteiger charge is -2.21. The molecule has 1 atom stereocenters. The Kier molecular flexibility index (Phi) is 4.07. The number of aliphatic hydroxyl groups is 1. The van der Waals surface area contributed by atoms with Gasteiger partial charge in [-0.05, 0) is 30.3 Å². The third kappa shape index (κ3) is 2.56. The summed E-state index contributed by atoms with van der Waals surface area (Å²) >= 11 is 12.0. The summed E-state index contributed by atoms with van der Waals surface area (Å²) in [6, 6.07) is 5.38. The lowest BCUT2D eigenvalue weighted by Crippen LogP contribution is -2.36. The molecule has 1 amide bonds. The van der Waals surface area contributed by atoms with Crippen LogP contribution in [0.25, 0.3) is 0 Å². The molecule has 8 heteroatoms. The van der Waals surface area contributed by atoms with E-state index in [0.29, 0.717) is 6.07 Å². The van der Waals surface area contributed by atoms with Gasteiger partial charge in [0.15, 0.2) is 23.0 Å². The monoisotopic (exact) mass is 371 g/mol. The van der Waals surface area contributed by atoms with Crippen LogP contribution in [-0.4, -0.2) is 16.8 Å². The molecule has 124 valence electrons. The minimum absolute atomic E-state index is 0.0161. The number of nitrogens with one attached hydrogen (secondary N) is 1. The van der Waals surface area contributed by atoms with Crippen LogP contribution in [-0.2, 0) is 10.4 Å². The van der Waals surface area contributed by atoms with Gasteiger partial charge in [-0.25, -0.2) is 8.78 Å². The molecule has 0 bridgehead atoms. The van der Waals surface area contributed by atoms with Crippen molar-refractivity contribution in [3.8, 4) is 0 Å². The maximum absolute atomic E-state index is 13.3. The molecule has 2 N–H and O–H groups in total. The van der Waals surface area contributed by atoms with Crippen LogP contribution in [0.5, 0.6) is 0 Å². The van der Waals surface area contributed by atoms with Crippen LogP contribution in [0.4, 0.5) is 14.5 Å². The lowest BCUT2D eigenvalue weighted by molar-refractivity contribution is -0.133. The van der Waals surface area contributed by atoms with E-state index in [0.717, 1.165) is 12.1 Å². The number of benzene rings is 2. The van der Waals surface area contributed by atoms with E-state index in [-0.39, 0.29) is 26.9 Å². The molecule has 1 aliphatic rings. The first kappa shape index (κ1) is 16.8. The minimum Gasteiger partial charge on any atom is -0.375 e. The Balaban J connectivity index is 2.01. The first-order valence-corrected chi connectivity index (χ1v) is 7.50. The zero-order chi connectivity index (χ0) is 17.6. The fourth-order valence-electron chi connectivity index (χ4n) is 2.58. The number of ketones is 1. The highest BCUT2D eigenvalue weighted by Gasteiger charge is 2.49. The molecule has 0 spiro atoms. The molecule has 0 saturated heterocycles. The Morgan fingerprint density at radius 2 is 1.79 bits per heavy atom. The van der Waals surface area contributed by atoms with E-state index in [9.17, 15) is 23.5 Å². The number of hydrogen-bond donors (Lipinski definition) is 2. The van der Waals surface area contributed by atoms with Gasteiger partial charge in [0.1, 0.15) is 0 Å². The Morgan fingerprint density at radius 1 is 1.12 bits per heavy atom. The van der Waals surface area contributed by atoms with Crippen molar-refractivity contribution >= 4 is 40.6 Å². The first-order chi connectivity index (χ1) is 11.2. The molecule has 24 heavy (non-hydrogen) atoms. The Bertz CT molecular complexity index is 888. The van der Waals surface area contributed by atoms with Gasteiger partial charge in [0.2, 0.25) is 0 Å². The summed E-state index contributed by atoms with van der Waals surface area (Å²) in [7, 11) is 0. The summed E-state index contributed by atoms with van der Waals surface area (Å²) < 4.78 is 26.2. The number of carbonyl (C=O) groups is 2. The minimum atomic E-state index is -2.25. The summed E-state index contributed by atoms with van der Waals surface area (Å²) in [6.07, 6.45) is -0.697. The van der Waals surface area contributed by atoms with Crippen LogP contribution in [0.3, 0.4) is 0 Å². The number of amides is 1. The standard InChI is InChI=1S/C16H9Cl2F2NO3/c17-8-2-3-9(18)14-13(8)16(24,15(23)21-14)6-12(22)7-1-4-10(19)11(20)5-7/h1-5,24H,6H2,(H,21,23)/t16-/m1/s1. The highest BCUT2D eigenvalue weighted by atomic mass is 35.5. The topological polar surface area (TPSA) is 66.4 Å². The number of halogens is 4. The van der Waals surface area contributed by atoms with E-state index in [2.05, 4.69) is 5.32 Å². The molecule has 0 radical (unpaired) electrons. The van der Waals surface area contributed by atoms with Crippen LogP contribution >= 0.6 is 23.2 Å². The van der Waals surface area contributed by atoms with Gasteiger partial charge in [-0.2, -0.15) is 0 Å². The fraction of sp³-hybridized carbons (Fsp3) is 0.125. The van der Waals surface area contributed by atoms with E-state index < -0.39 is 35.3 Å². The fourth-order valence-corrected chi connectivity index (χ4v) is 3.10. The van der Waals surface area contributed by atoms with Gasteiger partial charge in [-0.15, -0.1) is 0 Å². The Morgan fingerprint density at radius 3 is 2.46 bits per heavy atom. The molecule has 0 unspecified atom stereocenters. The van der Waals surface area contributed by atoms with Gasteiger partial charge in [0, 0.05) is 16.1 Å². The first-order valence-electron chi connectivity index (χ1n) is 6.74. The molecule has 2 aromatic carbocycles. The van der Waals surface area contributed by atoms with Crippen molar-refractivity contribution in [1.29, 1.82) is 0 Å². The Hall–Kier alpha value is -2.02. The highest BCUT2D eigenvalue weighted by molar-refractivity contribution is 6.38. The zero-order valence-electron chi connectivity index (χ0n) is 11.9. The molecule has 0 saturated carbocycles. The van der Waals surface area contributed by atoms with E-state index >= 15 is 0 Å². The van der Waals surface area contributed by atoms with Crippen molar-refractivity contribution in [3.63, 3.8) is 0 Å². The van der Waals surface area contributed by atoms with Crippen molar-refractivity contribution in [2.75, 3.05) is 5.32 Å². The van der Waals surface area contributed by atoms with Crippen LogP contribution in [0.2, 0.25) is 10.0 Å². The largest absolute Gasteiger partial charge is 0.375 e. The molecule has 1 heterocycles. The Labute approximate surface area is 145 Å². The number of carbonyl (C=O) groups excluding carboxylic acids is 2. The van der Waals surface area contributed by atoms with Gasteiger partial charge >= 0.3 is 0 Å². The third-order valence-electron chi connectivity index (χ3n) is 3.79. The summed E-state index contributed by atoms with van der Waals surface area (Å²) in [4.78, 5) is 24.5. The van der Waals surface area contributed by atoms with Crippen molar-refractivity contribution in [1.82, 2.24) is 0 Å². The number of rotatable bonds is 3. The van der Waals surface area contributed by atoms with Crippen LogP contribution in [0, 0.1) is 11.6 Å². The van der Waals surface area contributed by atoms with Crippen molar-refractivity contribution in [3.05, 3.63) is 63.1 Å². The van der Waals surface area contributed by atoms with Crippen LogP contribution < -0.4 is 5.32 Å². The zero-order valence-corrected chi connectivity index (χ0v) is 13.4. The molecule has 0 aliphatic carbocycles. The lowest BCUT2D eigenvalue weighted by atomic mass is 9.88. The van der Waals surface area contributed by atoms with Crippen molar-refractivity contribution in [2.24, 2.45) is 0 Å². The third-order valence-corrected chi connectivity index (χ3v) is 4.42. The normalized spacial score (nSPS) is 19.1. The maximum Gasteiger partial charge on any atom is 0.261 e. The molecular formula is C16H9Cl2F2NO3. The molecule has 4 nitrogen and oxygen atoms in total. The second-order valence-corrected chi connectivity index (χ2v) is 6.14. The van der Waals surface area contributed by atoms with Crippen LogP contribution in [0.1, 0.15) is 22.3 Å². The van der Waals surface area contributed by atoms with Gasteiger partial charge in [0.25, 0.3) is 5.91 Å². The molecule has 2 aromatic rings. The summed E-state index contributed by atoms with van der Waals surface area (Å²) in [5.41, 5.74) is -2.33. The van der Waals surface area contributed by atoms with Gasteiger partial charge in [0.05, 0.1) is 17.1 Å². The second kappa shape index (κ2) is 5.81. The maximum atomic E-state index is 13.3. The van der Waals surface area contributed by atoms with Crippen molar-refractivity contribution in [2.45, 2.75) is 12.0 Å². The number of anilines is 1. The van der Waals surface area contributed by atoms with E-state index in [4.69, 9.17) is 23.2 Å². The second-order valence-electron chi connectivity index (χ2n) is 5.32. The number of fused-ring (bicyclic) bond motifs is 1. The van der Waals surface area contributed by atoms with Gasteiger partial charge in [-0.3, -0.25) is 9.59 Å². The smallest absolute Gasteiger partial charge is 0.261 e. The van der Waals surface area contributed by atoms with Crippen molar-refractivity contribution < 1.29 is 23.5 Å². The molecular weight excluding hydrogens is 363 g/mol. The van der Waals surface area contributed by atoms with Crippen LogP contribution in [0.15, 0.2) is 30.3 Å². The van der Waals surface area contributed by atoms with Gasteiger partial charge in [-0.1, -0.05) is 23.2 Å².